The molecule has 22 heavy (non-hydrogen) atoms. The van der Waals surface area contributed by atoms with Crippen LogP contribution in [0, 0.1) is 6.92 Å². The van der Waals surface area contributed by atoms with Gasteiger partial charge in [-0.2, -0.15) is 0 Å². The minimum absolute atomic E-state index is 0.306. The van der Waals surface area contributed by atoms with E-state index in [2.05, 4.69) is 10.5 Å². The molecule has 1 aliphatic carbocycles. The zero-order valence-electron chi connectivity index (χ0n) is 12.3. The fourth-order valence-electron chi connectivity index (χ4n) is 2.35. The van der Waals surface area contributed by atoms with Crippen molar-refractivity contribution >= 4 is 29.0 Å². The monoisotopic (exact) mass is 320 g/mol. The molecule has 1 aliphatic rings. The van der Waals surface area contributed by atoms with Gasteiger partial charge in [-0.25, -0.2) is 4.79 Å². The van der Waals surface area contributed by atoms with Crippen molar-refractivity contribution in [3.05, 3.63) is 33.2 Å². The standard InChI is InChI=1S/C15H16N2O4S/c1-8-6-13(17-21-8)16-14(18)9(2)20-15(19)12-7-10-4-3-5-11(10)22-12/h6-7,9H,3-5H2,1-2H3,(H,16,17,18)/t9-/m0/s1. The number of anilines is 1. The number of ether oxygens (including phenoxy) is 1. The fraction of sp³-hybridized carbons (Fsp3) is 0.400. The fourth-order valence-corrected chi connectivity index (χ4v) is 3.49. The predicted molar refractivity (Wildman–Crippen MR) is 81.1 cm³/mol. The molecule has 3 rings (SSSR count). The number of aromatic nitrogens is 1. The SMILES string of the molecule is Cc1cc(NC(=O)[C@H](C)OC(=O)c2cc3c(s2)CCC3)no1. The van der Waals surface area contributed by atoms with Crippen molar-refractivity contribution in [1.82, 2.24) is 5.16 Å². The Balaban J connectivity index is 1.59. The molecule has 2 heterocycles. The molecule has 0 spiro atoms. The average molecular weight is 320 g/mol. The van der Waals surface area contributed by atoms with Crippen molar-refractivity contribution in [3.8, 4) is 0 Å². The highest BCUT2D eigenvalue weighted by Gasteiger charge is 2.23. The molecule has 0 aliphatic heterocycles. The molecule has 0 aromatic carbocycles. The van der Waals surface area contributed by atoms with Crippen LogP contribution in [0.2, 0.25) is 0 Å². The lowest BCUT2D eigenvalue weighted by molar-refractivity contribution is -0.123. The summed E-state index contributed by atoms with van der Waals surface area (Å²) in [5, 5.41) is 6.20. The number of hydrogen-bond donors (Lipinski definition) is 1. The summed E-state index contributed by atoms with van der Waals surface area (Å²) >= 11 is 1.46. The molecule has 1 amide bonds. The smallest absolute Gasteiger partial charge is 0.349 e. The minimum atomic E-state index is -0.901. The minimum Gasteiger partial charge on any atom is -0.448 e. The lowest BCUT2D eigenvalue weighted by atomic mass is 10.2. The maximum absolute atomic E-state index is 12.1. The Labute approximate surface area is 131 Å². The Hall–Kier alpha value is -2.15. The van der Waals surface area contributed by atoms with E-state index >= 15 is 0 Å². The highest BCUT2D eigenvalue weighted by Crippen LogP contribution is 2.31. The summed E-state index contributed by atoms with van der Waals surface area (Å²) in [4.78, 5) is 25.9. The number of fused-ring (bicyclic) bond motifs is 1. The number of amides is 1. The number of nitrogens with one attached hydrogen (secondary N) is 1. The third-order valence-corrected chi connectivity index (χ3v) is 4.70. The first-order valence-electron chi connectivity index (χ1n) is 7.09. The molecule has 0 saturated heterocycles. The van der Waals surface area contributed by atoms with Crippen LogP contribution < -0.4 is 5.32 Å². The molecular weight excluding hydrogens is 304 g/mol. The number of aryl methyl sites for hydroxylation is 3. The van der Waals surface area contributed by atoms with Gasteiger partial charge in [-0.05, 0) is 44.7 Å². The Bertz CT molecular complexity index is 697. The Morgan fingerprint density at radius 2 is 2.23 bits per heavy atom. The number of carbonyl (C=O) groups is 2. The molecule has 0 bridgehead atoms. The summed E-state index contributed by atoms with van der Waals surface area (Å²) in [7, 11) is 0. The Morgan fingerprint density at radius 3 is 2.91 bits per heavy atom. The number of rotatable bonds is 4. The zero-order chi connectivity index (χ0) is 15.7. The molecule has 2 aromatic rings. The van der Waals surface area contributed by atoms with Crippen LogP contribution in [0.15, 0.2) is 16.7 Å². The summed E-state index contributed by atoms with van der Waals surface area (Å²) in [6.45, 7) is 3.25. The van der Waals surface area contributed by atoms with Crippen LogP contribution in [0.3, 0.4) is 0 Å². The van der Waals surface area contributed by atoms with Gasteiger partial charge in [-0.15, -0.1) is 11.3 Å². The highest BCUT2D eigenvalue weighted by molar-refractivity contribution is 7.14. The lowest BCUT2D eigenvalue weighted by Crippen LogP contribution is -2.29. The maximum atomic E-state index is 12.1. The second-order valence-electron chi connectivity index (χ2n) is 5.27. The van der Waals surface area contributed by atoms with Crippen molar-refractivity contribution in [2.75, 3.05) is 5.32 Å². The summed E-state index contributed by atoms with van der Waals surface area (Å²) in [5.41, 5.74) is 1.23. The molecule has 7 heteroatoms. The van der Waals surface area contributed by atoms with Gasteiger partial charge in [-0.3, -0.25) is 4.79 Å². The lowest BCUT2D eigenvalue weighted by Gasteiger charge is -2.11. The second kappa shape index (κ2) is 5.92. The number of nitrogens with zero attached hydrogens (tertiary/aromatic N) is 1. The van der Waals surface area contributed by atoms with Gasteiger partial charge in [0.25, 0.3) is 5.91 Å². The van der Waals surface area contributed by atoms with Crippen LogP contribution in [-0.2, 0) is 22.4 Å². The van der Waals surface area contributed by atoms with E-state index in [0.29, 0.717) is 16.5 Å². The second-order valence-corrected chi connectivity index (χ2v) is 6.41. The number of hydrogen-bond acceptors (Lipinski definition) is 6. The van der Waals surface area contributed by atoms with Crippen LogP contribution in [0.5, 0.6) is 0 Å². The first-order chi connectivity index (χ1) is 10.5. The average Bonchev–Trinajstić information content (AvgIpc) is 3.14. The summed E-state index contributed by atoms with van der Waals surface area (Å²) < 4.78 is 10.1. The van der Waals surface area contributed by atoms with Gasteiger partial charge < -0.3 is 14.6 Å². The Morgan fingerprint density at radius 1 is 1.41 bits per heavy atom. The summed E-state index contributed by atoms with van der Waals surface area (Å²) in [6.07, 6.45) is 2.28. The third kappa shape index (κ3) is 3.04. The summed E-state index contributed by atoms with van der Waals surface area (Å²) in [6, 6.07) is 3.47. The van der Waals surface area contributed by atoms with E-state index in [-0.39, 0.29) is 0 Å². The van der Waals surface area contributed by atoms with Crippen molar-refractivity contribution in [2.45, 2.75) is 39.2 Å². The van der Waals surface area contributed by atoms with Gasteiger partial charge in [0.2, 0.25) is 0 Å². The molecule has 0 radical (unpaired) electrons. The van der Waals surface area contributed by atoms with Crippen LogP contribution >= 0.6 is 11.3 Å². The van der Waals surface area contributed by atoms with Crippen molar-refractivity contribution in [1.29, 1.82) is 0 Å². The molecule has 0 unspecified atom stereocenters. The van der Waals surface area contributed by atoms with Crippen LogP contribution in [0.4, 0.5) is 5.82 Å². The van der Waals surface area contributed by atoms with Crippen LogP contribution in [0.1, 0.15) is 39.2 Å². The number of esters is 1. The van der Waals surface area contributed by atoms with Crippen LogP contribution in [0.25, 0.3) is 0 Å². The molecule has 6 nitrogen and oxygen atoms in total. The number of carbonyl (C=O) groups excluding carboxylic acids is 2. The molecular formula is C15H16N2O4S. The molecule has 0 saturated carbocycles. The first kappa shape index (κ1) is 14.8. The third-order valence-electron chi connectivity index (χ3n) is 3.48. The Kier molecular flexibility index (Phi) is 3.98. The van der Waals surface area contributed by atoms with Gasteiger partial charge in [0, 0.05) is 10.9 Å². The van der Waals surface area contributed by atoms with E-state index in [1.54, 1.807) is 13.0 Å². The predicted octanol–water partition coefficient (Wildman–Crippen LogP) is 2.72. The van der Waals surface area contributed by atoms with E-state index < -0.39 is 18.0 Å². The zero-order valence-corrected chi connectivity index (χ0v) is 13.2. The first-order valence-corrected chi connectivity index (χ1v) is 7.91. The molecule has 1 atom stereocenters. The van der Waals surface area contributed by atoms with Crippen molar-refractivity contribution in [2.24, 2.45) is 0 Å². The normalized spacial score (nSPS) is 14.5. The molecule has 116 valence electrons. The van der Waals surface area contributed by atoms with Crippen molar-refractivity contribution < 1.29 is 18.8 Å². The maximum Gasteiger partial charge on any atom is 0.349 e. The quantitative estimate of drug-likeness (QED) is 0.876. The number of thiophene rings is 1. The highest BCUT2D eigenvalue weighted by atomic mass is 32.1. The molecule has 2 aromatic heterocycles. The molecule has 0 fully saturated rings. The van der Waals surface area contributed by atoms with Crippen LogP contribution in [-0.4, -0.2) is 23.1 Å². The topological polar surface area (TPSA) is 81.4 Å². The van der Waals surface area contributed by atoms with E-state index in [1.165, 1.54) is 28.7 Å². The van der Waals surface area contributed by atoms with E-state index in [4.69, 9.17) is 9.26 Å². The largest absolute Gasteiger partial charge is 0.448 e. The van der Waals surface area contributed by atoms with Gasteiger partial charge >= 0.3 is 5.97 Å². The van der Waals surface area contributed by atoms with Gasteiger partial charge in [0.1, 0.15) is 10.6 Å². The van der Waals surface area contributed by atoms with Gasteiger partial charge in [-0.1, -0.05) is 5.16 Å². The summed E-state index contributed by atoms with van der Waals surface area (Å²) in [5.74, 6) is -0.00215. The van der Waals surface area contributed by atoms with Gasteiger partial charge in [0.15, 0.2) is 11.9 Å². The van der Waals surface area contributed by atoms with E-state index in [9.17, 15) is 9.59 Å². The molecule has 1 N–H and O–H groups in total. The van der Waals surface area contributed by atoms with Gasteiger partial charge in [0.05, 0.1) is 0 Å². The van der Waals surface area contributed by atoms with E-state index in [1.807, 2.05) is 6.07 Å². The van der Waals surface area contributed by atoms with E-state index in [0.717, 1.165) is 19.3 Å². The van der Waals surface area contributed by atoms with Crippen molar-refractivity contribution in [3.63, 3.8) is 0 Å².